The van der Waals surface area contributed by atoms with Crippen molar-refractivity contribution in [1.29, 1.82) is 0 Å². The third kappa shape index (κ3) is 15.2. The lowest BCUT2D eigenvalue weighted by Crippen LogP contribution is -2.18. The van der Waals surface area contributed by atoms with Gasteiger partial charge in [0.2, 0.25) is 0 Å². The molecule has 0 aromatic heterocycles. The first-order valence-electron chi connectivity index (χ1n) is 16.0. The molecule has 1 aromatic carbocycles. The van der Waals surface area contributed by atoms with Crippen LogP contribution in [0.25, 0.3) is 0 Å². The molecule has 0 radical (unpaired) electrons. The molecule has 1 aromatic rings. The molecule has 0 aliphatic carbocycles. The van der Waals surface area contributed by atoms with Gasteiger partial charge in [0.05, 0.1) is 6.61 Å². The lowest BCUT2D eigenvalue weighted by molar-refractivity contribution is -0.143. The van der Waals surface area contributed by atoms with Crippen molar-refractivity contribution in [3.05, 3.63) is 28.8 Å². The van der Waals surface area contributed by atoms with E-state index in [1.807, 2.05) is 0 Å². The van der Waals surface area contributed by atoms with E-state index in [-0.39, 0.29) is 16.8 Å². The maximum Gasteiger partial charge on any atom is 0.305 e. The third-order valence-electron chi connectivity index (χ3n) is 7.67. The van der Waals surface area contributed by atoms with Gasteiger partial charge in [-0.25, -0.2) is 0 Å². The summed E-state index contributed by atoms with van der Waals surface area (Å²) in [6.45, 7) is 15.4. The fourth-order valence-electron chi connectivity index (χ4n) is 5.15. The Hall–Kier alpha value is -1.51. The summed E-state index contributed by atoms with van der Waals surface area (Å²) in [5.41, 5.74) is 2.74. The number of esters is 1. The highest BCUT2D eigenvalue weighted by atomic mass is 16.5. The van der Waals surface area contributed by atoms with E-state index in [0.717, 1.165) is 29.5 Å². The topological polar surface area (TPSA) is 46.5 Å². The van der Waals surface area contributed by atoms with E-state index >= 15 is 0 Å². The Morgan fingerprint density at radius 1 is 0.658 bits per heavy atom. The molecule has 1 rings (SSSR count). The number of phenolic OH excluding ortho intramolecular Hbond substituents is 1. The van der Waals surface area contributed by atoms with E-state index in [0.29, 0.717) is 25.2 Å². The van der Waals surface area contributed by atoms with Crippen molar-refractivity contribution < 1.29 is 14.6 Å². The molecule has 0 aliphatic rings. The smallest absolute Gasteiger partial charge is 0.305 e. The van der Waals surface area contributed by atoms with E-state index in [1.54, 1.807) is 0 Å². The van der Waals surface area contributed by atoms with Gasteiger partial charge in [-0.2, -0.15) is 0 Å². The van der Waals surface area contributed by atoms with Gasteiger partial charge in [-0.05, 0) is 33.9 Å². The summed E-state index contributed by atoms with van der Waals surface area (Å²) in [6, 6.07) is 4.15. The number of rotatable bonds is 20. The maximum absolute atomic E-state index is 12.2. The van der Waals surface area contributed by atoms with Crippen LogP contribution >= 0.6 is 0 Å². The van der Waals surface area contributed by atoms with Crippen molar-refractivity contribution in [2.75, 3.05) is 6.61 Å². The summed E-state index contributed by atoms with van der Waals surface area (Å²) >= 11 is 0. The molecule has 1 N–H and O–H groups in total. The Labute approximate surface area is 236 Å². The number of benzene rings is 1. The zero-order valence-corrected chi connectivity index (χ0v) is 26.4. The standard InChI is InChI=1S/C35H62O3/c1-8-9-10-11-12-13-14-15-16-17-18-19-20-21-22-23-24-32(36)38-26-25-29-27-30(34(2,3)4)33(37)31(28-29)35(5,6)7/h27-28,37H,8-26H2,1-7H3. The minimum Gasteiger partial charge on any atom is -0.507 e. The molecule has 3 heteroatoms. The van der Waals surface area contributed by atoms with E-state index in [1.165, 1.54) is 89.9 Å². The van der Waals surface area contributed by atoms with Crippen LogP contribution in [0.4, 0.5) is 0 Å². The second kappa shape index (κ2) is 18.7. The van der Waals surface area contributed by atoms with Crippen molar-refractivity contribution in [2.45, 2.75) is 175 Å². The van der Waals surface area contributed by atoms with Crippen molar-refractivity contribution in [2.24, 2.45) is 0 Å². The summed E-state index contributed by atoms with van der Waals surface area (Å²) in [6.07, 6.45) is 22.6. The van der Waals surface area contributed by atoms with Gasteiger partial charge in [0.1, 0.15) is 5.75 Å². The molecular formula is C35H62O3. The Morgan fingerprint density at radius 3 is 1.39 bits per heavy atom. The van der Waals surface area contributed by atoms with E-state index in [2.05, 4.69) is 60.6 Å². The minimum absolute atomic E-state index is 0.0822. The van der Waals surface area contributed by atoms with Gasteiger partial charge in [-0.1, -0.05) is 157 Å². The normalized spacial score (nSPS) is 12.2. The number of aromatic hydroxyl groups is 1. The Bertz CT molecular complexity index is 731. The lowest BCUT2D eigenvalue weighted by atomic mass is 9.78. The third-order valence-corrected chi connectivity index (χ3v) is 7.67. The molecule has 0 saturated heterocycles. The fourth-order valence-corrected chi connectivity index (χ4v) is 5.15. The number of unbranched alkanes of at least 4 members (excludes halogenated alkanes) is 15. The molecule has 0 saturated carbocycles. The van der Waals surface area contributed by atoms with Gasteiger partial charge < -0.3 is 9.84 Å². The first-order chi connectivity index (χ1) is 18.0. The molecule has 0 aliphatic heterocycles. The lowest BCUT2D eigenvalue weighted by Gasteiger charge is -2.28. The largest absolute Gasteiger partial charge is 0.507 e. The molecule has 0 spiro atoms. The van der Waals surface area contributed by atoms with Crippen molar-refractivity contribution in [3.8, 4) is 5.75 Å². The molecule has 0 atom stereocenters. The Balaban J connectivity index is 2.13. The van der Waals surface area contributed by atoms with Gasteiger partial charge in [-0.15, -0.1) is 0 Å². The van der Waals surface area contributed by atoms with Crippen molar-refractivity contribution >= 4 is 5.97 Å². The van der Waals surface area contributed by atoms with Crippen LogP contribution in [0.2, 0.25) is 0 Å². The molecular weight excluding hydrogens is 468 g/mol. The van der Waals surface area contributed by atoms with Crippen LogP contribution in [0.3, 0.4) is 0 Å². The summed E-state index contributed by atoms with van der Waals surface area (Å²) in [5, 5.41) is 10.9. The molecule has 0 unspecified atom stereocenters. The van der Waals surface area contributed by atoms with Gasteiger partial charge in [-0.3, -0.25) is 4.79 Å². The zero-order chi connectivity index (χ0) is 28.4. The molecule has 0 heterocycles. The average molecular weight is 531 g/mol. The van der Waals surface area contributed by atoms with Crippen LogP contribution in [0.5, 0.6) is 5.75 Å². The molecule has 0 bridgehead atoms. The summed E-state index contributed by atoms with van der Waals surface area (Å²) < 4.78 is 5.55. The van der Waals surface area contributed by atoms with Crippen LogP contribution in [-0.2, 0) is 26.8 Å². The highest BCUT2D eigenvalue weighted by Crippen LogP contribution is 2.39. The van der Waals surface area contributed by atoms with Crippen LogP contribution < -0.4 is 0 Å². The summed E-state index contributed by atoms with van der Waals surface area (Å²) in [5.74, 6) is 0.315. The van der Waals surface area contributed by atoms with Gasteiger partial charge >= 0.3 is 5.97 Å². The van der Waals surface area contributed by atoms with Gasteiger partial charge in [0.25, 0.3) is 0 Å². The van der Waals surface area contributed by atoms with E-state index in [9.17, 15) is 9.90 Å². The van der Waals surface area contributed by atoms with E-state index in [4.69, 9.17) is 4.74 Å². The molecule has 220 valence electrons. The highest BCUT2D eigenvalue weighted by molar-refractivity contribution is 5.69. The number of ether oxygens (including phenoxy) is 1. The first kappa shape index (κ1) is 34.5. The SMILES string of the molecule is CCCCCCCCCCCCCCCCCCC(=O)OCCc1cc(C(C)(C)C)c(O)c(C(C)(C)C)c1. The predicted octanol–water partition coefficient (Wildman–Crippen LogP) is 10.7. The van der Waals surface area contributed by atoms with Crippen LogP contribution in [0.15, 0.2) is 12.1 Å². The van der Waals surface area contributed by atoms with Crippen molar-refractivity contribution in [3.63, 3.8) is 0 Å². The number of hydrogen-bond donors (Lipinski definition) is 1. The molecule has 3 nitrogen and oxygen atoms in total. The maximum atomic E-state index is 12.2. The molecule has 0 amide bonds. The number of phenols is 1. The minimum atomic E-state index is -0.149. The second-order valence-corrected chi connectivity index (χ2v) is 13.6. The monoisotopic (exact) mass is 530 g/mol. The highest BCUT2D eigenvalue weighted by Gasteiger charge is 2.26. The molecule has 0 fully saturated rings. The number of hydrogen-bond acceptors (Lipinski definition) is 3. The van der Waals surface area contributed by atoms with Gasteiger partial charge in [0, 0.05) is 12.8 Å². The zero-order valence-electron chi connectivity index (χ0n) is 26.4. The summed E-state index contributed by atoms with van der Waals surface area (Å²) in [7, 11) is 0. The molecule has 38 heavy (non-hydrogen) atoms. The van der Waals surface area contributed by atoms with Crippen LogP contribution in [-0.4, -0.2) is 17.7 Å². The quantitative estimate of drug-likeness (QED) is 0.135. The second-order valence-electron chi connectivity index (χ2n) is 13.6. The predicted molar refractivity (Wildman–Crippen MR) is 164 cm³/mol. The average Bonchev–Trinajstić information content (AvgIpc) is 2.83. The fraction of sp³-hybridized carbons (Fsp3) is 0.800. The van der Waals surface area contributed by atoms with Crippen LogP contribution in [0.1, 0.15) is 174 Å². The van der Waals surface area contributed by atoms with Crippen LogP contribution in [0, 0.1) is 0 Å². The number of carbonyl (C=O) groups excluding carboxylic acids is 1. The van der Waals surface area contributed by atoms with Gasteiger partial charge in [0.15, 0.2) is 0 Å². The number of carbonyl (C=O) groups is 1. The van der Waals surface area contributed by atoms with Crippen molar-refractivity contribution in [1.82, 2.24) is 0 Å². The Kier molecular flexibility index (Phi) is 17.0. The Morgan fingerprint density at radius 2 is 1.03 bits per heavy atom. The summed E-state index contributed by atoms with van der Waals surface area (Å²) in [4.78, 5) is 12.2. The first-order valence-corrected chi connectivity index (χ1v) is 16.0. The van der Waals surface area contributed by atoms with E-state index < -0.39 is 0 Å².